The van der Waals surface area contributed by atoms with Crippen molar-refractivity contribution in [1.82, 2.24) is 9.88 Å². The highest BCUT2D eigenvalue weighted by Gasteiger charge is 2.26. The average Bonchev–Trinajstić information content (AvgIpc) is 2.99. The largest absolute Gasteiger partial charge is 0.440 e. The molecule has 2 heterocycles. The molecule has 120 valence electrons. The molecule has 1 aliphatic heterocycles. The summed E-state index contributed by atoms with van der Waals surface area (Å²) in [6.45, 7) is 4.92. The molecule has 0 unspecified atom stereocenters. The highest BCUT2D eigenvalue weighted by atomic mass is 16.7. The summed E-state index contributed by atoms with van der Waals surface area (Å²) < 4.78 is 16.6. The number of rotatable bonds is 5. The lowest BCUT2D eigenvalue weighted by atomic mass is 9.97. The first-order valence-electron chi connectivity index (χ1n) is 7.85. The van der Waals surface area contributed by atoms with E-state index in [1.807, 2.05) is 12.1 Å². The second-order valence-electron chi connectivity index (χ2n) is 5.95. The predicted octanol–water partition coefficient (Wildman–Crippen LogP) is 2.93. The van der Waals surface area contributed by atoms with Crippen molar-refractivity contribution in [1.29, 1.82) is 0 Å². The van der Waals surface area contributed by atoms with Crippen molar-refractivity contribution in [2.45, 2.75) is 32.0 Å². The number of nitrogens with zero attached hydrogens (tertiary/aromatic N) is 2. The lowest BCUT2D eigenvalue weighted by Gasteiger charge is -2.32. The zero-order chi connectivity index (χ0) is 15.5. The Morgan fingerprint density at radius 2 is 2.00 bits per heavy atom. The third-order valence-corrected chi connectivity index (χ3v) is 4.50. The molecular formula is C17H24N2O3. The lowest BCUT2D eigenvalue weighted by Crippen LogP contribution is -2.39. The second-order valence-corrected chi connectivity index (χ2v) is 5.95. The maximum Gasteiger partial charge on any atom is 0.198 e. The van der Waals surface area contributed by atoms with Gasteiger partial charge in [0.05, 0.1) is 0 Å². The Bertz CT molecular complexity index is 613. The minimum atomic E-state index is -0.150. The van der Waals surface area contributed by atoms with Crippen LogP contribution in [0.3, 0.4) is 0 Å². The normalized spacial score (nSPS) is 17.6. The minimum absolute atomic E-state index is 0.150. The molecule has 5 heteroatoms. The summed E-state index contributed by atoms with van der Waals surface area (Å²) in [7, 11) is 3.36. The van der Waals surface area contributed by atoms with E-state index in [9.17, 15) is 0 Å². The van der Waals surface area contributed by atoms with Crippen LogP contribution in [0.25, 0.3) is 11.1 Å². The van der Waals surface area contributed by atoms with E-state index in [1.54, 1.807) is 14.2 Å². The fraction of sp³-hybridized carbons (Fsp3) is 0.588. The highest BCUT2D eigenvalue weighted by molar-refractivity contribution is 5.76. The van der Waals surface area contributed by atoms with Gasteiger partial charge in [0.1, 0.15) is 5.52 Å². The summed E-state index contributed by atoms with van der Waals surface area (Å²) >= 11 is 0. The van der Waals surface area contributed by atoms with E-state index in [1.165, 1.54) is 0 Å². The summed E-state index contributed by atoms with van der Waals surface area (Å²) in [5, 5.41) is 0. The third kappa shape index (κ3) is 3.16. The fourth-order valence-electron chi connectivity index (χ4n) is 3.10. The van der Waals surface area contributed by atoms with Crippen LogP contribution >= 0.6 is 0 Å². The molecule has 1 aromatic heterocycles. The van der Waals surface area contributed by atoms with Crippen LogP contribution in [0.1, 0.15) is 30.2 Å². The maximum absolute atomic E-state index is 6.02. The Hall–Kier alpha value is -1.43. The van der Waals surface area contributed by atoms with Gasteiger partial charge in [0.15, 0.2) is 17.8 Å². The SMILES string of the molecule is COC(CN1CCC(c2nc3cccc(C)c3o2)CC1)OC. The molecule has 0 aliphatic carbocycles. The number of likely N-dealkylation sites (tertiary alicyclic amines) is 1. The Labute approximate surface area is 131 Å². The van der Waals surface area contributed by atoms with Crippen molar-refractivity contribution < 1.29 is 13.9 Å². The number of aromatic nitrogens is 1. The van der Waals surface area contributed by atoms with Gasteiger partial charge in [-0.15, -0.1) is 0 Å². The molecule has 1 saturated heterocycles. The standard InChI is InChI=1S/C17H24N2O3/c1-12-5-4-6-14-16(12)22-17(18-14)13-7-9-19(10-8-13)11-15(20-2)21-3/h4-6,13,15H,7-11H2,1-3H3. The number of aryl methyl sites for hydroxylation is 1. The molecular weight excluding hydrogens is 280 g/mol. The second kappa shape index (κ2) is 6.77. The average molecular weight is 304 g/mol. The third-order valence-electron chi connectivity index (χ3n) is 4.50. The van der Waals surface area contributed by atoms with Gasteiger partial charge in [-0.2, -0.15) is 0 Å². The van der Waals surface area contributed by atoms with Crippen LogP contribution in [-0.2, 0) is 9.47 Å². The van der Waals surface area contributed by atoms with Crippen molar-refractivity contribution in [2.75, 3.05) is 33.9 Å². The van der Waals surface area contributed by atoms with Gasteiger partial charge in [-0.3, -0.25) is 4.90 Å². The van der Waals surface area contributed by atoms with E-state index in [4.69, 9.17) is 13.9 Å². The molecule has 22 heavy (non-hydrogen) atoms. The number of hydrogen-bond acceptors (Lipinski definition) is 5. The first-order chi connectivity index (χ1) is 10.7. The molecule has 1 aliphatic rings. The smallest absolute Gasteiger partial charge is 0.198 e. The number of piperidine rings is 1. The van der Waals surface area contributed by atoms with Gasteiger partial charge in [-0.05, 0) is 44.5 Å². The summed E-state index contributed by atoms with van der Waals surface area (Å²) in [4.78, 5) is 7.06. The molecule has 1 fully saturated rings. The van der Waals surface area contributed by atoms with Gasteiger partial charge in [-0.25, -0.2) is 4.98 Å². The molecule has 0 amide bonds. The molecule has 3 rings (SSSR count). The summed E-state index contributed by atoms with van der Waals surface area (Å²) in [5.41, 5.74) is 3.05. The van der Waals surface area contributed by atoms with Crippen LogP contribution in [0, 0.1) is 6.92 Å². The zero-order valence-electron chi connectivity index (χ0n) is 13.5. The van der Waals surface area contributed by atoms with E-state index >= 15 is 0 Å². The summed E-state index contributed by atoms with van der Waals surface area (Å²) in [5.74, 6) is 1.30. The van der Waals surface area contributed by atoms with Crippen LogP contribution in [0.4, 0.5) is 0 Å². The van der Waals surface area contributed by atoms with Crippen LogP contribution in [0.5, 0.6) is 0 Å². The lowest BCUT2D eigenvalue weighted by molar-refractivity contribution is -0.118. The van der Waals surface area contributed by atoms with Crippen LogP contribution in [0.15, 0.2) is 22.6 Å². The van der Waals surface area contributed by atoms with Crippen molar-refractivity contribution >= 4 is 11.1 Å². The maximum atomic E-state index is 6.02. The van der Waals surface area contributed by atoms with Crippen molar-refractivity contribution in [2.24, 2.45) is 0 Å². The Morgan fingerprint density at radius 3 is 2.64 bits per heavy atom. The zero-order valence-corrected chi connectivity index (χ0v) is 13.5. The number of oxazole rings is 1. The van der Waals surface area contributed by atoms with Gasteiger partial charge in [-0.1, -0.05) is 12.1 Å². The predicted molar refractivity (Wildman–Crippen MR) is 85.0 cm³/mol. The number of para-hydroxylation sites is 1. The Balaban J connectivity index is 1.64. The van der Waals surface area contributed by atoms with Crippen molar-refractivity contribution in [3.63, 3.8) is 0 Å². The van der Waals surface area contributed by atoms with E-state index in [0.717, 1.165) is 55.0 Å². The number of benzene rings is 1. The Morgan fingerprint density at radius 1 is 1.27 bits per heavy atom. The molecule has 0 spiro atoms. The van der Waals surface area contributed by atoms with Crippen LogP contribution < -0.4 is 0 Å². The quantitative estimate of drug-likeness (QED) is 0.795. The molecule has 0 N–H and O–H groups in total. The van der Waals surface area contributed by atoms with Crippen LogP contribution in [-0.4, -0.2) is 50.0 Å². The first-order valence-corrected chi connectivity index (χ1v) is 7.85. The van der Waals surface area contributed by atoms with E-state index in [2.05, 4.69) is 22.9 Å². The fourth-order valence-corrected chi connectivity index (χ4v) is 3.10. The van der Waals surface area contributed by atoms with Gasteiger partial charge < -0.3 is 13.9 Å². The van der Waals surface area contributed by atoms with E-state index < -0.39 is 0 Å². The molecule has 0 radical (unpaired) electrons. The molecule has 5 nitrogen and oxygen atoms in total. The molecule has 2 aromatic rings. The van der Waals surface area contributed by atoms with E-state index in [-0.39, 0.29) is 6.29 Å². The van der Waals surface area contributed by atoms with Gasteiger partial charge in [0.25, 0.3) is 0 Å². The minimum Gasteiger partial charge on any atom is -0.440 e. The number of fused-ring (bicyclic) bond motifs is 1. The summed E-state index contributed by atoms with van der Waals surface area (Å²) in [6, 6.07) is 6.12. The Kier molecular flexibility index (Phi) is 4.76. The molecule has 0 atom stereocenters. The van der Waals surface area contributed by atoms with Crippen molar-refractivity contribution in [3.8, 4) is 0 Å². The van der Waals surface area contributed by atoms with Gasteiger partial charge >= 0.3 is 0 Å². The number of hydrogen-bond donors (Lipinski definition) is 0. The molecule has 0 saturated carbocycles. The van der Waals surface area contributed by atoms with Crippen LogP contribution in [0.2, 0.25) is 0 Å². The highest BCUT2D eigenvalue weighted by Crippen LogP contribution is 2.30. The molecule has 0 bridgehead atoms. The monoisotopic (exact) mass is 304 g/mol. The van der Waals surface area contributed by atoms with Crippen molar-refractivity contribution in [3.05, 3.63) is 29.7 Å². The van der Waals surface area contributed by atoms with Gasteiger partial charge in [0, 0.05) is 26.7 Å². The topological polar surface area (TPSA) is 47.7 Å². The van der Waals surface area contributed by atoms with E-state index in [0.29, 0.717) is 5.92 Å². The number of methoxy groups -OCH3 is 2. The first kappa shape index (κ1) is 15.5. The molecule has 1 aromatic carbocycles. The number of ether oxygens (including phenoxy) is 2. The summed E-state index contributed by atoms with van der Waals surface area (Å²) in [6.07, 6.45) is 1.97. The van der Waals surface area contributed by atoms with Gasteiger partial charge in [0.2, 0.25) is 0 Å².